The Morgan fingerprint density at radius 2 is 0.962 bits per heavy atom. The van der Waals surface area contributed by atoms with Crippen LogP contribution in [0.3, 0.4) is 0 Å². The molecule has 0 fully saturated rings. The summed E-state index contributed by atoms with van der Waals surface area (Å²) in [5, 5.41) is 7.77. The highest BCUT2D eigenvalue weighted by Crippen LogP contribution is 2.43. The maximum Gasteiger partial charge on any atom is 0.0287 e. The van der Waals surface area contributed by atoms with Gasteiger partial charge in [-0.2, -0.15) is 0 Å². The van der Waals surface area contributed by atoms with Crippen molar-refractivity contribution in [1.29, 1.82) is 0 Å². The molecule has 0 aliphatic rings. The van der Waals surface area contributed by atoms with Gasteiger partial charge in [-0.05, 0) is 72.1 Å². The topological polar surface area (TPSA) is 0 Å². The van der Waals surface area contributed by atoms with Crippen LogP contribution in [0, 0.1) is 3.57 Å². The molecule has 0 aliphatic heterocycles. The standard InChI is InChI=1S/C24H14BrI/c25-22-14-13-19(15-7-1-2-8-16(15)22)23-17-9-3-5-11-20(17)24(26)21-12-6-4-10-18(21)23/h1-14H. The highest BCUT2D eigenvalue weighted by atomic mass is 127. The number of halogens is 2. The van der Waals surface area contributed by atoms with Gasteiger partial charge in [-0.3, -0.25) is 0 Å². The monoisotopic (exact) mass is 508 g/mol. The van der Waals surface area contributed by atoms with E-state index < -0.39 is 0 Å². The number of hydrogen-bond acceptors (Lipinski definition) is 0. The zero-order valence-corrected chi connectivity index (χ0v) is 17.6. The minimum absolute atomic E-state index is 1.14. The maximum absolute atomic E-state index is 3.71. The van der Waals surface area contributed by atoms with E-state index in [0.29, 0.717) is 0 Å². The molecule has 0 aromatic heterocycles. The normalized spacial score (nSPS) is 11.5. The molecule has 0 heterocycles. The molecular formula is C24H14BrI. The minimum atomic E-state index is 1.14. The van der Waals surface area contributed by atoms with E-state index in [4.69, 9.17) is 0 Å². The van der Waals surface area contributed by atoms with E-state index in [1.165, 1.54) is 47.0 Å². The largest absolute Gasteiger partial charge is 0.0616 e. The zero-order chi connectivity index (χ0) is 17.7. The van der Waals surface area contributed by atoms with Crippen LogP contribution in [0.25, 0.3) is 43.4 Å². The van der Waals surface area contributed by atoms with E-state index in [0.717, 1.165) is 4.47 Å². The molecule has 0 radical (unpaired) electrons. The first kappa shape index (κ1) is 16.3. The second-order valence-corrected chi connectivity index (χ2v) is 8.35. The van der Waals surface area contributed by atoms with Gasteiger partial charge < -0.3 is 0 Å². The summed E-state index contributed by atoms with van der Waals surface area (Å²) in [5.74, 6) is 0. The lowest BCUT2D eigenvalue weighted by atomic mass is 9.89. The Labute approximate surface area is 174 Å². The fraction of sp³-hybridized carbons (Fsp3) is 0. The van der Waals surface area contributed by atoms with E-state index in [9.17, 15) is 0 Å². The third kappa shape index (κ3) is 2.39. The molecular weight excluding hydrogens is 495 g/mol. The molecule has 0 bridgehead atoms. The molecule has 124 valence electrons. The molecule has 0 saturated heterocycles. The summed E-state index contributed by atoms with van der Waals surface area (Å²) in [5.41, 5.74) is 2.60. The minimum Gasteiger partial charge on any atom is -0.0616 e. The molecule has 0 N–H and O–H groups in total. The molecule has 5 rings (SSSR count). The van der Waals surface area contributed by atoms with E-state index in [2.05, 4.69) is 123 Å². The van der Waals surface area contributed by atoms with Crippen molar-refractivity contribution in [2.45, 2.75) is 0 Å². The van der Waals surface area contributed by atoms with Gasteiger partial charge in [0.1, 0.15) is 0 Å². The number of fused-ring (bicyclic) bond motifs is 3. The van der Waals surface area contributed by atoms with Crippen molar-refractivity contribution in [3.63, 3.8) is 0 Å². The van der Waals surface area contributed by atoms with Crippen LogP contribution in [0.1, 0.15) is 0 Å². The van der Waals surface area contributed by atoms with Crippen LogP contribution in [0.5, 0.6) is 0 Å². The SMILES string of the molecule is Brc1ccc(-c2c3ccccc3c(I)c3ccccc23)c2ccccc12. The van der Waals surface area contributed by atoms with E-state index in [1.807, 2.05) is 0 Å². The molecule has 0 atom stereocenters. The first-order valence-electron chi connectivity index (χ1n) is 8.52. The van der Waals surface area contributed by atoms with E-state index in [-0.39, 0.29) is 0 Å². The second kappa shape index (κ2) is 6.36. The molecule has 0 aliphatic carbocycles. The van der Waals surface area contributed by atoms with Gasteiger partial charge in [-0.15, -0.1) is 0 Å². The van der Waals surface area contributed by atoms with Crippen molar-refractivity contribution in [2.75, 3.05) is 0 Å². The third-order valence-electron chi connectivity index (χ3n) is 5.01. The van der Waals surface area contributed by atoms with Crippen molar-refractivity contribution >= 4 is 70.8 Å². The van der Waals surface area contributed by atoms with Gasteiger partial charge in [-0.25, -0.2) is 0 Å². The lowest BCUT2D eigenvalue weighted by molar-refractivity contribution is 1.67. The van der Waals surface area contributed by atoms with Crippen molar-refractivity contribution in [1.82, 2.24) is 0 Å². The highest BCUT2D eigenvalue weighted by molar-refractivity contribution is 14.1. The predicted molar refractivity (Wildman–Crippen MR) is 125 cm³/mol. The number of rotatable bonds is 1. The summed E-state index contributed by atoms with van der Waals surface area (Å²) >= 11 is 6.20. The Morgan fingerprint density at radius 3 is 1.54 bits per heavy atom. The van der Waals surface area contributed by atoms with Gasteiger partial charge in [0.15, 0.2) is 0 Å². The van der Waals surface area contributed by atoms with Gasteiger partial charge in [0, 0.05) is 8.04 Å². The van der Waals surface area contributed by atoms with Gasteiger partial charge >= 0.3 is 0 Å². The maximum atomic E-state index is 3.71. The van der Waals surface area contributed by atoms with Crippen LogP contribution in [-0.2, 0) is 0 Å². The average Bonchev–Trinajstić information content (AvgIpc) is 2.70. The zero-order valence-electron chi connectivity index (χ0n) is 13.8. The second-order valence-electron chi connectivity index (χ2n) is 6.42. The first-order chi connectivity index (χ1) is 12.8. The summed E-state index contributed by atoms with van der Waals surface area (Å²) in [6.07, 6.45) is 0. The molecule has 0 saturated carbocycles. The molecule has 0 amide bonds. The van der Waals surface area contributed by atoms with E-state index >= 15 is 0 Å². The molecule has 2 heteroatoms. The average molecular weight is 509 g/mol. The lowest BCUT2D eigenvalue weighted by Crippen LogP contribution is -1.90. The smallest absolute Gasteiger partial charge is 0.0287 e. The Balaban J connectivity index is 2.06. The fourth-order valence-corrected chi connectivity index (χ4v) is 5.26. The van der Waals surface area contributed by atoms with Crippen LogP contribution < -0.4 is 0 Å². The summed E-state index contributed by atoms with van der Waals surface area (Å²) < 4.78 is 2.45. The van der Waals surface area contributed by atoms with Crippen molar-refractivity contribution in [2.24, 2.45) is 0 Å². The molecule has 0 spiro atoms. The number of benzene rings is 5. The van der Waals surface area contributed by atoms with Gasteiger partial charge in [0.05, 0.1) is 0 Å². The fourth-order valence-electron chi connectivity index (χ4n) is 3.85. The molecule has 0 unspecified atom stereocenters. The first-order valence-corrected chi connectivity index (χ1v) is 10.4. The summed E-state index contributed by atoms with van der Waals surface area (Å²) in [4.78, 5) is 0. The predicted octanol–water partition coefficient (Wildman–Crippen LogP) is 8.18. The van der Waals surface area contributed by atoms with Crippen LogP contribution in [0.2, 0.25) is 0 Å². The van der Waals surface area contributed by atoms with Gasteiger partial charge in [0.25, 0.3) is 0 Å². The quantitative estimate of drug-likeness (QED) is 0.158. The van der Waals surface area contributed by atoms with Crippen LogP contribution in [-0.4, -0.2) is 0 Å². The lowest BCUT2D eigenvalue weighted by Gasteiger charge is -2.16. The summed E-state index contributed by atoms with van der Waals surface area (Å²) in [6.45, 7) is 0. The molecule has 5 aromatic carbocycles. The Kier molecular flexibility index (Phi) is 3.98. The van der Waals surface area contributed by atoms with Crippen molar-refractivity contribution in [3.8, 4) is 11.1 Å². The third-order valence-corrected chi connectivity index (χ3v) is 6.86. The Hall–Kier alpha value is -1.91. The summed E-state index contributed by atoms with van der Waals surface area (Å²) in [7, 11) is 0. The molecule has 0 nitrogen and oxygen atoms in total. The Morgan fingerprint density at radius 1 is 0.500 bits per heavy atom. The van der Waals surface area contributed by atoms with Gasteiger partial charge in [0.2, 0.25) is 0 Å². The highest BCUT2D eigenvalue weighted by Gasteiger charge is 2.15. The van der Waals surface area contributed by atoms with E-state index in [1.54, 1.807) is 0 Å². The van der Waals surface area contributed by atoms with Crippen LogP contribution in [0.15, 0.2) is 89.4 Å². The van der Waals surface area contributed by atoms with Gasteiger partial charge in [-0.1, -0.05) is 94.8 Å². The van der Waals surface area contributed by atoms with Crippen molar-refractivity contribution < 1.29 is 0 Å². The van der Waals surface area contributed by atoms with Crippen molar-refractivity contribution in [3.05, 3.63) is 93.0 Å². The van der Waals surface area contributed by atoms with Crippen LogP contribution >= 0.6 is 38.5 Å². The Bertz CT molecular complexity index is 1250. The van der Waals surface area contributed by atoms with Crippen LogP contribution in [0.4, 0.5) is 0 Å². The molecule has 5 aromatic rings. The summed E-state index contributed by atoms with van der Waals surface area (Å²) in [6, 6.07) is 30.5. The number of hydrogen-bond donors (Lipinski definition) is 0. The molecule has 26 heavy (non-hydrogen) atoms.